The molecule has 17 heavy (non-hydrogen) atoms. The lowest BCUT2D eigenvalue weighted by atomic mass is 10.3. The zero-order chi connectivity index (χ0) is 12.3. The summed E-state index contributed by atoms with van der Waals surface area (Å²) >= 11 is 1.44. The van der Waals surface area contributed by atoms with Gasteiger partial charge in [0, 0.05) is 12.5 Å². The minimum atomic E-state index is 0.230. The van der Waals surface area contributed by atoms with E-state index in [-0.39, 0.29) is 5.78 Å². The Balaban J connectivity index is 2.17. The molecule has 4 nitrogen and oxygen atoms in total. The molecule has 0 aliphatic heterocycles. The van der Waals surface area contributed by atoms with Gasteiger partial charge in [0.1, 0.15) is 11.5 Å². The maximum absolute atomic E-state index is 11.2. The van der Waals surface area contributed by atoms with Gasteiger partial charge in [-0.05, 0) is 12.1 Å². The van der Waals surface area contributed by atoms with Crippen LogP contribution in [0.1, 0.15) is 13.3 Å². The van der Waals surface area contributed by atoms with Gasteiger partial charge in [0.05, 0.1) is 23.9 Å². The molecule has 0 aliphatic carbocycles. The van der Waals surface area contributed by atoms with Crippen molar-refractivity contribution in [2.45, 2.75) is 18.5 Å². The van der Waals surface area contributed by atoms with Crippen molar-refractivity contribution in [3.63, 3.8) is 0 Å². The van der Waals surface area contributed by atoms with Gasteiger partial charge in [0.15, 0.2) is 5.16 Å². The SMILES string of the molecule is CCC(=O)CSc1nc2ccc(OC)cc2[nH]1. The average molecular weight is 250 g/mol. The highest BCUT2D eigenvalue weighted by Crippen LogP contribution is 2.23. The number of thioether (sulfide) groups is 1. The number of carbonyl (C=O) groups excluding carboxylic acids is 1. The van der Waals surface area contributed by atoms with Gasteiger partial charge in [0.2, 0.25) is 0 Å². The smallest absolute Gasteiger partial charge is 0.166 e. The van der Waals surface area contributed by atoms with Crippen molar-refractivity contribution >= 4 is 28.6 Å². The lowest BCUT2D eigenvalue weighted by molar-refractivity contribution is -0.116. The van der Waals surface area contributed by atoms with Crippen LogP contribution < -0.4 is 4.74 Å². The van der Waals surface area contributed by atoms with E-state index in [1.807, 2.05) is 25.1 Å². The molecule has 0 fully saturated rings. The van der Waals surface area contributed by atoms with Crippen molar-refractivity contribution in [3.05, 3.63) is 18.2 Å². The molecule has 0 atom stereocenters. The summed E-state index contributed by atoms with van der Waals surface area (Å²) in [5.74, 6) is 1.49. The van der Waals surface area contributed by atoms with Crippen molar-refractivity contribution in [1.82, 2.24) is 9.97 Å². The first-order valence-electron chi connectivity index (χ1n) is 5.41. The van der Waals surface area contributed by atoms with Crippen LogP contribution in [0.4, 0.5) is 0 Å². The molecule has 2 rings (SSSR count). The molecule has 0 radical (unpaired) electrons. The number of fused-ring (bicyclic) bond motifs is 1. The van der Waals surface area contributed by atoms with E-state index in [9.17, 15) is 4.79 Å². The molecule has 2 aromatic rings. The minimum Gasteiger partial charge on any atom is -0.497 e. The van der Waals surface area contributed by atoms with Crippen LogP contribution in [-0.2, 0) is 4.79 Å². The standard InChI is InChI=1S/C12H14N2O2S/c1-3-8(15)7-17-12-13-10-5-4-9(16-2)6-11(10)14-12/h4-6H,3,7H2,1-2H3,(H,13,14). The van der Waals surface area contributed by atoms with Gasteiger partial charge in [-0.3, -0.25) is 4.79 Å². The van der Waals surface area contributed by atoms with Crippen molar-refractivity contribution in [3.8, 4) is 5.75 Å². The van der Waals surface area contributed by atoms with E-state index in [0.717, 1.165) is 21.9 Å². The molecule has 1 heterocycles. The van der Waals surface area contributed by atoms with E-state index in [1.165, 1.54) is 11.8 Å². The Labute approximate surface area is 104 Å². The molecule has 1 N–H and O–H groups in total. The lowest BCUT2D eigenvalue weighted by Crippen LogP contribution is -1.98. The van der Waals surface area contributed by atoms with Crippen LogP contribution in [0.5, 0.6) is 5.75 Å². The fraction of sp³-hybridized carbons (Fsp3) is 0.333. The van der Waals surface area contributed by atoms with Gasteiger partial charge in [-0.1, -0.05) is 18.7 Å². The molecule has 0 bridgehead atoms. The van der Waals surface area contributed by atoms with E-state index in [4.69, 9.17) is 4.74 Å². The van der Waals surface area contributed by atoms with Crippen LogP contribution in [0.3, 0.4) is 0 Å². The highest BCUT2D eigenvalue weighted by atomic mass is 32.2. The van der Waals surface area contributed by atoms with Gasteiger partial charge in [-0.2, -0.15) is 0 Å². The Hall–Kier alpha value is -1.49. The van der Waals surface area contributed by atoms with Crippen LogP contribution >= 0.6 is 11.8 Å². The molecule has 5 heteroatoms. The number of Topliss-reactive ketones (excluding diaryl/α,β-unsaturated/α-hetero) is 1. The van der Waals surface area contributed by atoms with E-state index in [1.54, 1.807) is 7.11 Å². The predicted molar refractivity (Wildman–Crippen MR) is 68.7 cm³/mol. The minimum absolute atomic E-state index is 0.230. The van der Waals surface area contributed by atoms with Crippen LogP contribution in [-0.4, -0.2) is 28.6 Å². The number of nitrogens with one attached hydrogen (secondary N) is 1. The maximum atomic E-state index is 11.2. The number of carbonyl (C=O) groups is 1. The van der Waals surface area contributed by atoms with Gasteiger partial charge in [0.25, 0.3) is 0 Å². The number of nitrogens with zero attached hydrogens (tertiary/aromatic N) is 1. The summed E-state index contributed by atoms with van der Waals surface area (Å²) in [5.41, 5.74) is 1.81. The van der Waals surface area contributed by atoms with Gasteiger partial charge in [-0.25, -0.2) is 4.98 Å². The Morgan fingerprint density at radius 3 is 3.06 bits per heavy atom. The number of hydrogen-bond donors (Lipinski definition) is 1. The monoisotopic (exact) mass is 250 g/mol. The normalized spacial score (nSPS) is 10.7. The van der Waals surface area contributed by atoms with E-state index < -0.39 is 0 Å². The highest BCUT2D eigenvalue weighted by molar-refractivity contribution is 7.99. The number of rotatable bonds is 5. The zero-order valence-corrected chi connectivity index (χ0v) is 10.6. The number of H-pyrrole nitrogens is 1. The quantitative estimate of drug-likeness (QED) is 0.829. The third kappa shape index (κ3) is 2.79. The largest absolute Gasteiger partial charge is 0.497 e. The third-order valence-corrected chi connectivity index (χ3v) is 3.36. The molecule has 90 valence electrons. The molecule has 0 aliphatic rings. The first kappa shape index (κ1) is 12.0. The molecule has 0 unspecified atom stereocenters. The van der Waals surface area contributed by atoms with Crippen LogP contribution in [0.2, 0.25) is 0 Å². The van der Waals surface area contributed by atoms with Crippen LogP contribution in [0.25, 0.3) is 11.0 Å². The zero-order valence-electron chi connectivity index (χ0n) is 9.82. The lowest BCUT2D eigenvalue weighted by Gasteiger charge is -1.96. The van der Waals surface area contributed by atoms with E-state index in [2.05, 4.69) is 9.97 Å². The summed E-state index contributed by atoms with van der Waals surface area (Å²) in [4.78, 5) is 18.8. The summed E-state index contributed by atoms with van der Waals surface area (Å²) < 4.78 is 5.14. The van der Waals surface area contributed by atoms with Crippen molar-refractivity contribution < 1.29 is 9.53 Å². The van der Waals surface area contributed by atoms with Crippen molar-refractivity contribution in [2.75, 3.05) is 12.9 Å². The number of methoxy groups -OCH3 is 1. The Morgan fingerprint density at radius 1 is 1.53 bits per heavy atom. The Morgan fingerprint density at radius 2 is 2.35 bits per heavy atom. The molecule has 0 spiro atoms. The summed E-state index contributed by atoms with van der Waals surface area (Å²) in [6.07, 6.45) is 0.570. The summed E-state index contributed by atoms with van der Waals surface area (Å²) in [6.45, 7) is 1.87. The molecular weight excluding hydrogens is 236 g/mol. The van der Waals surface area contributed by atoms with Crippen LogP contribution in [0.15, 0.2) is 23.4 Å². The predicted octanol–water partition coefficient (Wildman–Crippen LogP) is 2.64. The third-order valence-electron chi connectivity index (χ3n) is 2.43. The second kappa shape index (κ2) is 5.23. The number of benzene rings is 1. The topological polar surface area (TPSA) is 55.0 Å². The number of aromatic nitrogens is 2. The number of aromatic amines is 1. The number of ketones is 1. The first-order chi connectivity index (χ1) is 8.22. The second-order valence-electron chi connectivity index (χ2n) is 3.61. The molecule has 0 saturated carbocycles. The van der Waals surface area contributed by atoms with E-state index >= 15 is 0 Å². The summed E-state index contributed by atoms with van der Waals surface area (Å²) in [5, 5.41) is 0.773. The number of hydrogen-bond acceptors (Lipinski definition) is 4. The second-order valence-corrected chi connectivity index (χ2v) is 4.57. The molecule has 0 saturated heterocycles. The fourth-order valence-corrected chi connectivity index (χ4v) is 2.26. The van der Waals surface area contributed by atoms with Crippen LogP contribution in [0, 0.1) is 0 Å². The first-order valence-corrected chi connectivity index (χ1v) is 6.39. The fourth-order valence-electron chi connectivity index (χ4n) is 1.41. The number of ether oxygens (including phenoxy) is 1. The Kier molecular flexibility index (Phi) is 3.68. The molecule has 1 aromatic carbocycles. The van der Waals surface area contributed by atoms with Gasteiger partial charge >= 0.3 is 0 Å². The summed E-state index contributed by atoms with van der Waals surface area (Å²) in [7, 11) is 1.63. The molecular formula is C12H14N2O2S. The maximum Gasteiger partial charge on any atom is 0.166 e. The van der Waals surface area contributed by atoms with Crippen molar-refractivity contribution in [1.29, 1.82) is 0 Å². The average Bonchev–Trinajstić information content (AvgIpc) is 2.77. The van der Waals surface area contributed by atoms with Gasteiger partial charge < -0.3 is 9.72 Å². The van der Waals surface area contributed by atoms with Crippen molar-refractivity contribution in [2.24, 2.45) is 0 Å². The van der Waals surface area contributed by atoms with E-state index in [0.29, 0.717) is 12.2 Å². The van der Waals surface area contributed by atoms with Gasteiger partial charge in [-0.15, -0.1) is 0 Å². The Bertz CT molecular complexity index is 536. The molecule has 0 amide bonds. The number of imidazole rings is 1. The summed E-state index contributed by atoms with van der Waals surface area (Å²) in [6, 6.07) is 5.67. The molecule has 1 aromatic heterocycles. The highest BCUT2D eigenvalue weighted by Gasteiger charge is 2.06.